The third kappa shape index (κ3) is 3.38. The zero-order valence-electron chi connectivity index (χ0n) is 16.2. The molecule has 0 fully saturated rings. The molecule has 0 radical (unpaired) electrons. The van der Waals surface area contributed by atoms with Crippen molar-refractivity contribution in [3.05, 3.63) is 53.7 Å². The molecule has 0 saturated carbocycles. The quantitative estimate of drug-likeness (QED) is 0.742. The van der Waals surface area contributed by atoms with Crippen LogP contribution < -0.4 is 19.5 Å². The van der Waals surface area contributed by atoms with Crippen LogP contribution in [0.15, 0.2) is 48.2 Å². The van der Waals surface area contributed by atoms with Crippen molar-refractivity contribution in [3.63, 3.8) is 0 Å². The molecule has 2 amide bonds. The number of carbonyl (C=O) groups excluding carboxylic acids is 2. The lowest BCUT2D eigenvalue weighted by Crippen LogP contribution is -2.28. The van der Waals surface area contributed by atoms with Gasteiger partial charge in [-0.1, -0.05) is 18.2 Å². The highest BCUT2D eigenvalue weighted by atomic mass is 16.5. The molecule has 0 aliphatic carbocycles. The normalized spacial score (nSPS) is 13.8. The van der Waals surface area contributed by atoms with Gasteiger partial charge in [-0.15, -0.1) is 0 Å². The molecule has 1 N–H and O–H groups in total. The Kier molecular flexibility index (Phi) is 5.54. The van der Waals surface area contributed by atoms with Gasteiger partial charge < -0.3 is 19.5 Å². The van der Waals surface area contributed by atoms with Crippen LogP contribution in [0.1, 0.15) is 12.5 Å². The van der Waals surface area contributed by atoms with Crippen molar-refractivity contribution in [1.82, 2.24) is 4.90 Å². The molecule has 1 heterocycles. The van der Waals surface area contributed by atoms with E-state index in [9.17, 15) is 9.59 Å². The van der Waals surface area contributed by atoms with Gasteiger partial charge in [-0.25, -0.2) is 0 Å². The lowest BCUT2D eigenvalue weighted by atomic mass is 10.0. The number of nitrogens with one attached hydrogen (secondary N) is 1. The van der Waals surface area contributed by atoms with E-state index in [1.54, 1.807) is 30.3 Å². The maximum atomic E-state index is 12.8. The third-order valence-electron chi connectivity index (χ3n) is 4.41. The van der Waals surface area contributed by atoms with Crippen LogP contribution in [0.2, 0.25) is 0 Å². The molecule has 1 aliphatic rings. The van der Waals surface area contributed by atoms with Gasteiger partial charge in [-0.2, -0.15) is 0 Å². The lowest BCUT2D eigenvalue weighted by molar-refractivity contribution is -0.135. The van der Waals surface area contributed by atoms with Crippen molar-refractivity contribution in [1.29, 1.82) is 0 Å². The van der Waals surface area contributed by atoms with Crippen molar-refractivity contribution in [2.45, 2.75) is 6.92 Å². The van der Waals surface area contributed by atoms with E-state index in [0.717, 1.165) is 4.90 Å². The van der Waals surface area contributed by atoms with Crippen LogP contribution in [-0.4, -0.2) is 44.6 Å². The molecule has 2 aromatic carbocycles. The van der Waals surface area contributed by atoms with Crippen LogP contribution in [0.25, 0.3) is 5.57 Å². The number of hydrogen-bond acceptors (Lipinski definition) is 6. The van der Waals surface area contributed by atoms with E-state index in [-0.39, 0.29) is 11.3 Å². The number of likely N-dealkylation sites (N-methyl/N-ethyl adjacent to an activating group) is 1. The molecule has 0 spiro atoms. The first-order chi connectivity index (χ1) is 13.5. The van der Waals surface area contributed by atoms with Gasteiger partial charge >= 0.3 is 0 Å². The van der Waals surface area contributed by atoms with Gasteiger partial charge in [0.15, 0.2) is 11.5 Å². The predicted octanol–water partition coefficient (Wildman–Crippen LogP) is 2.92. The number of ether oxygens (including phenoxy) is 3. The summed E-state index contributed by atoms with van der Waals surface area (Å²) in [5, 5.41) is 3.09. The summed E-state index contributed by atoms with van der Waals surface area (Å²) in [6.45, 7) is 2.36. The number of para-hydroxylation sites is 2. The van der Waals surface area contributed by atoms with Gasteiger partial charge in [0, 0.05) is 7.05 Å². The Morgan fingerprint density at radius 1 is 0.929 bits per heavy atom. The van der Waals surface area contributed by atoms with Crippen LogP contribution in [-0.2, 0) is 9.59 Å². The number of anilines is 1. The second kappa shape index (κ2) is 8.04. The van der Waals surface area contributed by atoms with Gasteiger partial charge in [-0.3, -0.25) is 14.5 Å². The van der Waals surface area contributed by atoms with Gasteiger partial charge in [-0.05, 0) is 36.8 Å². The van der Waals surface area contributed by atoms with Crippen LogP contribution in [0.4, 0.5) is 5.69 Å². The standard InChI is InChI=1S/C21H22N2O5/c1-5-28-15-9-7-6-8-14(15)22-19-18(20(24)23(2)21(19)25)13-10-11-16(26-3)17(12-13)27-4/h6-12,22H,5H2,1-4H3. The van der Waals surface area contributed by atoms with Gasteiger partial charge in [0.05, 0.1) is 32.1 Å². The van der Waals surface area contributed by atoms with Crippen LogP contribution in [0.5, 0.6) is 17.2 Å². The molecular formula is C21H22N2O5. The maximum Gasteiger partial charge on any atom is 0.277 e. The molecule has 0 atom stereocenters. The van der Waals surface area contributed by atoms with Gasteiger partial charge in [0.2, 0.25) is 0 Å². The predicted molar refractivity (Wildman–Crippen MR) is 105 cm³/mol. The number of methoxy groups -OCH3 is 2. The Morgan fingerprint density at radius 3 is 2.32 bits per heavy atom. The average Bonchev–Trinajstić information content (AvgIpc) is 2.93. The number of amides is 2. The largest absolute Gasteiger partial charge is 0.493 e. The minimum Gasteiger partial charge on any atom is -0.493 e. The first-order valence-electron chi connectivity index (χ1n) is 8.79. The Balaban J connectivity index is 2.11. The Morgan fingerprint density at radius 2 is 1.64 bits per heavy atom. The molecule has 0 bridgehead atoms. The summed E-state index contributed by atoms with van der Waals surface area (Å²) in [7, 11) is 4.50. The number of benzene rings is 2. The summed E-state index contributed by atoms with van der Waals surface area (Å²) >= 11 is 0. The molecule has 0 aromatic heterocycles. The molecule has 2 aromatic rings. The van der Waals surface area contributed by atoms with Gasteiger partial charge in [0.1, 0.15) is 11.4 Å². The van der Waals surface area contributed by atoms with Crippen molar-refractivity contribution in [2.75, 3.05) is 33.2 Å². The first-order valence-corrected chi connectivity index (χ1v) is 8.79. The number of imide groups is 1. The number of rotatable bonds is 7. The highest BCUT2D eigenvalue weighted by molar-refractivity contribution is 6.36. The van der Waals surface area contributed by atoms with Crippen molar-refractivity contribution < 1.29 is 23.8 Å². The number of nitrogens with zero attached hydrogens (tertiary/aromatic N) is 1. The highest BCUT2D eigenvalue weighted by Crippen LogP contribution is 2.36. The van der Waals surface area contributed by atoms with Gasteiger partial charge in [0.25, 0.3) is 11.8 Å². The van der Waals surface area contributed by atoms with E-state index in [0.29, 0.717) is 35.1 Å². The van der Waals surface area contributed by atoms with E-state index in [2.05, 4.69) is 5.32 Å². The van der Waals surface area contributed by atoms with Crippen molar-refractivity contribution in [2.24, 2.45) is 0 Å². The molecule has 146 valence electrons. The average molecular weight is 382 g/mol. The fourth-order valence-electron chi connectivity index (χ4n) is 3.00. The minimum absolute atomic E-state index is 0.187. The SMILES string of the molecule is CCOc1ccccc1NC1=C(c2ccc(OC)c(OC)c2)C(=O)N(C)C1=O. The summed E-state index contributed by atoms with van der Waals surface area (Å²) in [6, 6.07) is 12.3. The summed E-state index contributed by atoms with van der Waals surface area (Å²) in [4.78, 5) is 26.6. The van der Waals surface area contributed by atoms with Crippen LogP contribution in [0.3, 0.4) is 0 Å². The zero-order chi connectivity index (χ0) is 20.3. The number of carbonyl (C=O) groups is 2. The summed E-state index contributed by atoms with van der Waals surface area (Å²) < 4.78 is 16.2. The molecule has 28 heavy (non-hydrogen) atoms. The number of hydrogen-bond donors (Lipinski definition) is 1. The smallest absolute Gasteiger partial charge is 0.277 e. The monoisotopic (exact) mass is 382 g/mol. The first kappa shape index (κ1) is 19.3. The van der Waals surface area contributed by atoms with E-state index in [1.807, 2.05) is 19.1 Å². The fraction of sp³-hybridized carbons (Fsp3) is 0.238. The van der Waals surface area contributed by atoms with E-state index in [1.165, 1.54) is 21.3 Å². The Labute approximate surface area is 163 Å². The van der Waals surface area contributed by atoms with Crippen LogP contribution in [0, 0.1) is 0 Å². The molecule has 0 saturated heterocycles. The molecule has 7 heteroatoms. The second-order valence-corrected chi connectivity index (χ2v) is 6.04. The molecule has 7 nitrogen and oxygen atoms in total. The highest BCUT2D eigenvalue weighted by Gasteiger charge is 2.37. The zero-order valence-corrected chi connectivity index (χ0v) is 16.2. The summed E-state index contributed by atoms with van der Waals surface area (Å²) in [5.74, 6) is 0.790. The fourth-order valence-corrected chi connectivity index (χ4v) is 3.00. The van der Waals surface area contributed by atoms with Crippen molar-refractivity contribution >= 4 is 23.1 Å². The molecular weight excluding hydrogens is 360 g/mol. The maximum absolute atomic E-state index is 12.8. The Bertz CT molecular complexity index is 952. The lowest BCUT2D eigenvalue weighted by Gasteiger charge is -2.14. The van der Waals surface area contributed by atoms with Crippen LogP contribution >= 0.6 is 0 Å². The second-order valence-electron chi connectivity index (χ2n) is 6.04. The molecule has 3 rings (SSSR count). The third-order valence-corrected chi connectivity index (χ3v) is 4.41. The Hall–Kier alpha value is -3.48. The van der Waals surface area contributed by atoms with Crippen molar-refractivity contribution in [3.8, 4) is 17.2 Å². The van der Waals surface area contributed by atoms with E-state index in [4.69, 9.17) is 14.2 Å². The summed E-state index contributed by atoms with van der Waals surface area (Å²) in [6.07, 6.45) is 0. The minimum atomic E-state index is -0.416. The molecule has 1 aliphatic heterocycles. The molecule has 0 unspecified atom stereocenters. The topological polar surface area (TPSA) is 77.1 Å². The van der Waals surface area contributed by atoms with E-state index >= 15 is 0 Å². The summed E-state index contributed by atoms with van der Waals surface area (Å²) in [5.41, 5.74) is 1.61. The van der Waals surface area contributed by atoms with E-state index < -0.39 is 11.8 Å².